The van der Waals surface area contributed by atoms with Crippen LogP contribution in [0.1, 0.15) is 0 Å². The summed E-state index contributed by atoms with van der Waals surface area (Å²) >= 11 is 0. The molecule has 0 aromatic carbocycles. The van der Waals surface area contributed by atoms with E-state index < -0.39 is 9.17 Å². The second kappa shape index (κ2) is 9.24. The first-order chi connectivity index (χ1) is 1.73. The van der Waals surface area contributed by atoms with Crippen LogP contribution in [-0.4, -0.2) is 36.1 Å². The van der Waals surface area contributed by atoms with E-state index in [2.05, 4.69) is 0 Å². The van der Waals surface area contributed by atoms with Crippen molar-refractivity contribution in [3.63, 3.8) is 0 Å². The van der Waals surface area contributed by atoms with Gasteiger partial charge >= 0.3 is 9.17 Å². The topological polar surface area (TPSA) is 57.5 Å². The van der Waals surface area contributed by atoms with Gasteiger partial charge in [-0.3, -0.25) is 4.46 Å². The van der Waals surface area contributed by atoms with Gasteiger partial charge in [-0.25, -0.2) is 0 Å². The van der Waals surface area contributed by atoms with Crippen LogP contribution in [-0.2, 0) is 23.9 Å². The van der Waals surface area contributed by atoms with Crippen molar-refractivity contribution in [2.24, 2.45) is 0 Å². The van der Waals surface area contributed by atoms with Gasteiger partial charge in [-0.15, -0.1) is 0 Å². The van der Waals surface area contributed by atoms with Crippen LogP contribution < -0.4 is 0 Å². The predicted molar refractivity (Wildman–Crippen MR) is 20.8 cm³/mol. The first-order valence-electron chi connectivity index (χ1n) is 0.651. The summed E-state index contributed by atoms with van der Waals surface area (Å²) in [4.78, 5) is 14.3. The number of rotatable bonds is 0. The van der Waals surface area contributed by atoms with Crippen LogP contribution in [0.5, 0.6) is 0 Å². The summed E-state index contributed by atoms with van der Waals surface area (Å²) in [6.45, 7) is 0. The minimum Gasteiger partial charge on any atom is -0.511 e. The quantitative estimate of drug-likeness (QED) is 0.389. The first-order valence-corrected chi connectivity index (χ1v) is 1.95. The fourth-order valence-electron chi connectivity index (χ4n) is 0. The standard InChI is InChI=1S/Al.H2O3Si.Zn.3H/c;1-4(2)3;;;;/h;1-2H;;;;. The van der Waals surface area contributed by atoms with E-state index in [1.807, 2.05) is 0 Å². The zero-order chi connectivity index (χ0) is 3.58. The maximum Gasteiger partial charge on any atom is 0.761 e. The van der Waals surface area contributed by atoms with Crippen LogP contribution in [0.15, 0.2) is 0 Å². The Labute approximate surface area is 60.2 Å². The van der Waals surface area contributed by atoms with Gasteiger partial charge < -0.3 is 9.59 Å². The Balaban J connectivity index is -0.0000000450. The number of hydrogen-bond acceptors (Lipinski definition) is 1. The molecule has 2 N–H and O–H groups in total. The fraction of sp³-hybridized carbons (Fsp3) is 0. The molecule has 3 nitrogen and oxygen atoms in total. The molecule has 6 heavy (non-hydrogen) atoms. The first kappa shape index (κ1) is 15.9. The summed E-state index contributed by atoms with van der Waals surface area (Å²) in [6.07, 6.45) is 0. The van der Waals surface area contributed by atoms with Gasteiger partial charge in [0.05, 0.1) is 0 Å². The van der Waals surface area contributed by atoms with Crippen LogP contribution in [0, 0.1) is 0 Å². The normalized spacial score (nSPS) is 4.00. The van der Waals surface area contributed by atoms with Crippen molar-refractivity contribution < 1.29 is 33.5 Å². The predicted octanol–water partition coefficient (Wildman–Crippen LogP) is -2.80. The largest absolute Gasteiger partial charge is 0.761 e. The maximum absolute atomic E-state index is 8.74. The van der Waals surface area contributed by atoms with Gasteiger partial charge in [0.2, 0.25) is 0 Å². The summed E-state index contributed by atoms with van der Waals surface area (Å²) in [6, 6.07) is 0. The summed E-state index contributed by atoms with van der Waals surface area (Å²) in [7, 11) is -3.13. The molecule has 0 saturated heterocycles. The van der Waals surface area contributed by atoms with E-state index in [1.54, 1.807) is 0 Å². The van der Waals surface area contributed by atoms with Gasteiger partial charge in [0.15, 0.2) is 17.4 Å². The zero-order valence-corrected chi connectivity index (χ0v) is 6.48. The van der Waals surface area contributed by atoms with Crippen molar-refractivity contribution in [1.82, 2.24) is 0 Å². The van der Waals surface area contributed by atoms with Crippen molar-refractivity contribution in [1.29, 1.82) is 0 Å². The monoisotopic (exact) mass is 172 g/mol. The summed E-state index contributed by atoms with van der Waals surface area (Å²) in [5, 5.41) is 0. The third-order valence-corrected chi connectivity index (χ3v) is 0. The molecule has 0 unspecified atom stereocenters. The number of hydrogen-bond donors (Lipinski definition) is 2. The molecule has 0 heterocycles. The third-order valence-electron chi connectivity index (χ3n) is 0. The Morgan fingerprint density at radius 1 is 1.33 bits per heavy atom. The van der Waals surface area contributed by atoms with E-state index in [-0.39, 0.29) is 36.8 Å². The van der Waals surface area contributed by atoms with Gasteiger partial charge in [-0.2, -0.15) is 0 Å². The Hall–Kier alpha value is 0.773. The molecule has 0 fully saturated rings. The van der Waals surface area contributed by atoms with Crippen molar-refractivity contribution in [3.05, 3.63) is 0 Å². The minimum absolute atomic E-state index is 0. The molecular weight excluding hydrogens is 168 g/mol. The van der Waals surface area contributed by atoms with Gasteiger partial charge in [0.25, 0.3) is 0 Å². The van der Waals surface area contributed by atoms with E-state index in [9.17, 15) is 0 Å². The molecule has 0 atom stereocenters. The second-order valence-corrected chi connectivity index (χ2v) is 0.848. The van der Waals surface area contributed by atoms with Crippen LogP contribution in [0.4, 0.5) is 0 Å². The molecule has 0 aromatic heterocycles. The Bertz CT molecular complexity index is 33.8. The van der Waals surface area contributed by atoms with E-state index >= 15 is 0 Å². The van der Waals surface area contributed by atoms with Crippen LogP contribution in [0.3, 0.4) is 0 Å². The molecular formula is H5AlO3SiZn. The van der Waals surface area contributed by atoms with Gasteiger partial charge in [-0.05, 0) is 0 Å². The maximum atomic E-state index is 8.74. The molecule has 0 amide bonds. The Morgan fingerprint density at radius 3 is 1.33 bits per heavy atom. The van der Waals surface area contributed by atoms with Crippen LogP contribution in [0.2, 0.25) is 0 Å². The smallest absolute Gasteiger partial charge is 0.511 e. The van der Waals surface area contributed by atoms with Crippen molar-refractivity contribution in [2.75, 3.05) is 0 Å². The van der Waals surface area contributed by atoms with E-state index in [1.165, 1.54) is 0 Å². The fourth-order valence-corrected chi connectivity index (χ4v) is 0. The SMILES string of the molecule is O=[Si](O)O.[AlH3].[Zn]. The second-order valence-electron chi connectivity index (χ2n) is 0.283. The van der Waals surface area contributed by atoms with E-state index in [0.717, 1.165) is 0 Å². The molecule has 6 heteroatoms. The molecule has 0 bridgehead atoms. The van der Waals surface area contributed by atoms with Crippen molar-refractivity contribution in [2.45, 2.75) is 0 Å². The van der Waals surface area contributed by atoms with Gasteiger partial charge in [-0.1, -0.05) is 0 Å². The Kier molecular flexibility index (Phi) is 24.4. The summed E-state index contributed by atoms with van der Waals surface area (Å²) in [5.41, 5.74) is 0. The molecule has 0 saturated carbocycles. The summed E-state index contributed by atoms with van der Waals surface area (Å²) in [5.74, 6) is 0. The van der Waals surface area contributed by atoms with Crippen molar-refractivity contribution in [3.8, 4) is 0 Å². The molecule has 0 aliphatic heterocycles. The van der Waals surface area contributed by atoms with E-state index in [0.29, 0.717) is 0 Å². The van der Waals surface area contributed by atoms with Gasteiger partial charge in [0.1, 0.15) is 0 Å². The van der Waals surface area contributed by atoms with Crippen LogP contribution in [0.25, 0.3) is 0 Å². The summed E-state index contributed by atoms with van der Waals surface area (Å²) < 4.78 is 8.74. The van der Waals surface area contributed by atoms with E-state index in [4.69, 9.17) is 14.1 Å². The Morgan fingerprint density at radius 2 is 1.33 bits per heavy atom. The molecule has 0 aromatic rings. The molecule has 32 valence electrons. The molecule has 0 aliphatic rings. The molecule has 0 rings (SSSR count). The van der Waals surface area contributed by atoms with Gasteiger partial charge in [0, 0.05) is 19.5 Å². The third kappa shape index (κ3) is 114. The van der Waals surface area contributed by atoms with Crippen LogP contribution >= 0.6 is 0 Å². The minimum atomic E-state index is -3.13. The molecule has 0 radical (unpaired) electrons. The zero-order valence-electron chi connectivity index (χ0n) is 2.51. The van der Waals surface area contributed by atoms with Crippen molar-refractivity contribution >= 4 is 26.5 Å². The average molecular weight is 173 g/mol. The molecule has 0 spiro atoms. The molecule has 0 aliphatic carbocycles. The average Bonchev–Trinajstić information content (AvgIpc) is 0.811.